The Morgan fingerprint density at radius 2 is 2.12 bits per heavy atom. The van der Waals surface area contributed by atoms with E-state index in [-0.39, 0.29) is 16.7 Å². The molecular weight excluding hydrogens is 344 g/mol. The topological polar surface area (TPSA) is 141 Å². The summed E-state index contributed by atoms with van der Waals surface area (Å²) in [5, 5.41) is -0.528. The van der Waals surface area contributed by atoms with Crippen molar-refractivity contribution in [2.75, 3.05) is 18.6 Å². The summed E-state index contributed by atoms with van der Waals surface area (Å²) in [5.41, 5.74) is 11.8. The van der Waals surface area contributed by atoms with Crippen LogP contribution in [0.15, 0.2) is 34.0 Å². The number of esters is 1. The molecule has 0 saturated carbocycles. The quantitative estimate of drug-likeness (QED) is 0.376. The van der Waals surface area contributed by atoms with Crippen LogP contribution < -0.4 is 17.0 Å². The highest BCUT2D eigenvalue weighted by atomic mass is 32.2. The lowest BCUT2D eigenvalue weighted by Crippen LogP contribution is -2.18. The number of carbonyl (C=O) groups excluding carboxylic acids is 2. The van der Waals surface area contributed by atoms with Crippen LogP contribution in [0.1, 0.15) is 22.3 Å². The van der Waals surface area contributed by atoms with Crippen molar-refractivity contribution in [1.29, 1.82) is 0 Å². The number of aromatic nitrogens is 2. The van der Waals surface area contributed by atoms with Gasteiger partial charge in [0, 0.05) is 0 Å². The summed E-state index contributed by atoms with van der Waals surface area (Å²) in [5.74, 6) is -0.538. The Hall–Kier alpha value is -2.81. The number of nitrogen functional groups attached to an aromatic ring is 2. The van der Waals surface area contributed by atoms with Gasteiger partial charge in [0.15, 0.2) is 0 Å². The fourth-order valence-corrected chi connectivity index (χ4v) is 3.18. The molecule has 9 heteroatoms. The first kappa shape index (κ1) is 18.5. The number of anilines is 2. The molecule has 0 amide bonds. The van der Waals surface area contributed by atoms with Gasteiger partial charge in [0.05, 0.1) is 17.9 Å². The fraction of sp³-hybridized carbons (Fsp3) is 0.250. The lowest BCUT2D eigenvalue weighted by atomic mass is 10.0. The van der Waals surface area contributed by atoms with Gasteiger partial charge in [-0.15, -0.1) is 11.8 Å². The molecular formula is C16H18N4O4S. The van der Waals surface area contributed by atoms with E-state index in [1.807, 2.05) is 0 Å². The highest BCUT2D eigenvalue weighted by Gasteiger charge is 2.18. The monoisotopic (exact) mass is 362 g/mol. The number of carbonyl (C=O) groups is 2. The largest absolute Gasteiger partial charge is 0.465 e. The molecule has 5 N–H and O–H groups in total. The molecule has 2 rings (SSSR count). The number of thioether (sulfide) groups is 1. The van der Waals surface area contributed by atoms with Crippen LogP contribution in [0, 0.1) is 0 Å². The number of aryl methyl sites for hydroxylation is 1. The van der Waals surface area contributed by atoms with Gasteiger partial charge in [0.25, 0.3) is 5.56 Å². The Balaban J connectivity index is 2.13. The fourth-order valence-electron chi connectivity index (χ4n) is 2.26. The lowest BCUT2D eigenvalue weighted by molar-refractivity contribution is -0.107. The van der Waals surface area contributed by atoms with Crippen molar-refractivity contribution < 1.29 is 14.3 Å². The van der Waals surface area contributed by atoms with E-state index in [1.165, 1.54) is 7.11 Å². The predicted molar refractivity (Wildman–Crippen MR) is 95.5 cm³/mol. The summed E-state index contributed by atoms with van der Waals surface area (Å²) >= 11 is 1.02. The lowest BCUT2D eigenvalue weighted by Gasteiger charge is -2.12. The van der Waals surface area contributed by atoms with E-state index in [2.05, 4.69) is 9.97 Å². The van der Waals surface area contributed by atoms with E-state index in [9.17, 15) is 14.4 Å². The van der Waals surface area contributed by atoms with Gasteiger partial charge in [-0.3, -0.25) is 9.78 Å². The van der Waals surface area contributed by atoms with Gasteiger partial charge in [0.2, 0.25) is 5.95 Å². The molecule has 0 aliphatic carbocycles. The second kappa shape index (κ2) is 8.34. The summed E-state index contributed by atoms with van der Waals surface area (Å²) in [6, 6.07) is 7.00. The van der Waals surface area contributed by atoms with Gasteiger partial charge < -0.3 is 21.0 Å². The second-order valence-electron chi connectivity index (χ2n) is 5.15. The summed E-state index contributed by atoms with van der Waals surface area (Å²) in [6.45, 7) is 0. The smallest absolute Gasteiger partial charge is 0.338 e. The van der Waals surface area contributed by atoms with Crippen LogP contribution in [0.5, 0.6) is 0 Å². The van der Waals surface area contributed by atoms with Crippen molar-refractivity contribution in [2.24, 2.45) is 0 Å². The molecule has 1 aromatic carbocycles. The van der Waals surface area contributed by atoms with E-state index in [0.717, 1.165) is 23.6 Å². The molecule has 2 aromatic rings. The average Bonchev–Trinajstić information content (AvgIpc) is 2.60. The van der Waals surface area contributed by atoms with Crippen LogP contribution in [-0.2, 0) is 16.0 Å². The first-order chi connectivity index (χ1) is 12.0. The molecule has 0 aliphatic heterocycles. The molecule has 0 spiro atoms. The first-order valence-electron chi connectivity index (χ1n) is 7.39. The summed E-state index contributed by atoms with van der Waals surface area (Å²) in [6.07, 6.45) is 1.61. The highest BCUT2D eigenvalue weighted by Crippen LogP contribution is 2.26. The minimum absolute atomic E-state index is 0.0203. The van der Waals surface area contributed by atoms with Crippen molar-refractivity contribution in [2.45, 2.75) is 23.0 Å². The number of ether oxygens (including phenoxy) is 1. The normalized spacial score (nSPS) is 11.7. The third kappa shape index (κ3) is 4.60. The Bertz CT molecular complexity index is 837. The molecule has 0 bridgehead atoms. The van der Waals surface area contributed by atoms with E-state index < -0.39 is 16.8 Å². The molecule has 0 aliphatic rings. The van der Waals surface area contributed by atoms with Crippen molar-refractivity contribution in [1.82, 2.24) is 9.97 Å². The Labute approximate surface area is 148 Å². The molecule has 0 radical (unpaired) electrons. The van der Waals surface area contributed by atoms with Gasteiger partial charge in [-0.1, -0.05) is 18.2 Å². The Morgan fingerprint density at radius 1 is 1.40 bits per heavy atom. The molecule has 25 heavy (non-hydrogen) atoms. The number of methoxy groups -OCH3 is 1. The van der Waals surface area contributed by atoms with Crippen LogP contribution in [0.25, 0.3) is 0 Å². The number of hydrogen-bond donors (Lipinski definition) is 3. The van der Waals surface area contributed by atoms with Gasteiger partial charge >= 0.3 is 5.97 Å². The van der Waals surface area contributed by atoms with Crippen LogP contribution >= 0.6 is 11.8 Å². The number of aldehydes is 1. The minimum atomic E-state index is -0.528. The number of rotatable bonds is 7. The summed E-state index contributed by atoms with van der Waals surface area (Å²) in [4.78, 5) is 41.4. The number of hydrogen-bond acceptors (Lipinski definition) is 8. The van der Waals surface area contributed by atoms with Crippen molar-refractivity contribution in [3.05, 3.63) is 45.7 Å². The summed E-state index contributed by atoms with van der Waals surface area (Å²) in [7, 11) is 1.31. The molecule has 132 valence electrons. The zero-order valence-electron chi connectivity index (χ0n) is 13.5. The number of nitrogens with one attached hydrogen (secondary N) is 1. The average molecular weight is 362 g/mol. The standard InChI is InChI=1S/C16H18N4O4S/c1-24-15(23)11-5-3-2-4-9(11)6-7-10(8-21)25-12-13(17)19-16(18)20-14(12)22/h2-5,8,10H,6-7H2,1H3,(H5,17,18,19,20,22). The second-order valence-corrected chi connectivity index (χ2v) is 6.39. The van der Waals surface area contributed by atoms with E-state index >= 15 is 0 Å². The van der Waals surface area contributed by atoms with Crippen LogP contribution in [-0.4, -0.2) is 34.6 Å². The molecule has 1 unspecified atom stereocenters. The minimum Gasteiger partial charge on any atom is -0.465 e. The van der Waals surface area contributed by atoms with E-state index in [4.69, 9.17) is 16.2 Å². The maximum atomic E-state index is 11.9. The van der Waals surface area contributed by atoms with E-state index in [0.29, 0.717) is 18.4 Å². The number of nitrogens with two attached hydrogens (primary N) is 2. The third-order valence-electron chi connectivity index (χ3n) is 3.46. The molecule has 0 fully saturated rings. The van der Waals surface area contributed by atoms with Crippen molar-refractivity contribution in [3.8, 4) is 0 Å². The maximum absolute atomic E-state index is 11.9. The number of nitrogens with zero attached hydrogens (tertiary/aromatic N) is 1. The number of benzene rings is 1. The zero-order chi connectivity index (χ0) is 18.4. The SMILES string of the molecule is COC(=O)c1ccccc1CCC(C=O)Sc1c(N)nc(N)[nH]c1=O. The zero-order valence-corrected chi connectivity index (χ0v) is 14.3. The third-order valence-corrected chi connectivity index (χ3v) is 4.74. The number of H-pyrrole nitrogens is 1. The van der Waals surface area contributed by atoms with Crippen LogP contribution in [0.4, 0.5) is 11.8 Å². The molecule has 1 aromatic heterocycles. The molecule has 8 nitrogen and oxygen atoms in total. The van der Waals surface area contributed by atoms with Crippen LogP contribution in [0.3, 0.4) is 0 Å². The highest BCUT2D eigenvalue weighted by molar-refractivity contribution is 8.00. The van der Waals surface area contributed by atoms with Gasteiger partial charge in [0.1, 0.15) is 17.0 Å². The Kier molecular flexibility index (Phi) is 6.18. The van der Waals surface area contributed by atoms with Gasteiger partial charge in [-0.05, 0) is 24.5 Å². The predicted octanol–water partition coefficient (Wildman–Crippen LogP) is 1.01. The number of aromatic amines is 1. The van der Waals surface area contributed by atoms with E-state index in [1.54, 1.807) is 24.3 Å². The Morgan fingerprint density at radius 3 is 2.76 bits per heavy atom. The van der Waals surface area contributed by atoms with Crippen molar-refractivity contribution >= 4 is 35.8 Å². The maximum Gasteiger partial charge on any atom is 0.338 e. The van der Waals surface area contributed by atoms with Crippen LogP contribution in [0.2, 0.25) is 0 Å². The summed E-state index contributed by atoms with van der Waals surface area (Å²) < 4.78 is 4.75. The molecule has 0 saturated heterocycles. The van der Waals surface area contributed by atoms with Gasteiger partial charge in [-0.25, -0.2) is 4.79 Å². The van der Waals surface area contributed by atoms with Gasteiger partial charge in [-0.2, -0.15) is 4.98 Å². The first-order valence-corrected chi connectivity index (χ1v) is 8.27. The van der Waals surface area contributed by atoms with Crippen molar-refractivity contribution in [3.63, 3.8) is 0 Å². The molecule has 1 atom stereocenters. The molecule has 1 heterocycles.